The summed E-state index contributed by atoms with van der Waals surface area (Å²) in [5, 5.41) is 3.20. The van der Waals surface area contributed by atoms with Gasteiger partial charge in [-0.1, -0.05) is 6.92 Å². The van der Waals surface area contributed by atoms with Crippen LogP contribution in [0, 0.1) is 0 Å². The van der Waals surface area contributed by atoms with Gasteiger partial charge in [0.15, 0.2) is 0 Å². The van der Waals surface area contributed by atoms with Gasteiger partial charge in [0.25, 0.3) is 0 Å². The zero-order valence-electron chi connectivity index (χ0n) is 9.42. The molecule has 0 radical (unpaired) electrons. The number of carbonyl (C=O) groups is 1. The summed E-state index contributed by atoms with van der Waals surface area (Å²) in [7, 11) is 1.86. The van der Waals surface area contributed by atoms with Gasteiger partial charge in [-0.05, 0) is 13.3 Å². The largest absolute Gasteiger partial charge is 0.328 e. The number of carbonyl (C=O) groups excluding carboxylic acids is 1. The van der Waals surface area contributed by atoms with E-state index in [9.17, 15) is 4.79 Å². The minimum Gasteiger partial charge on any atom is -0.328 e. The second kappa shape index (κ2) is 5.20. The van der Waals surface area contributed by atoms with Crippen LogP contribution >= 0.6 is 0 Å². The summed E-state index contributed by atoms with van der Waals surface area (Å²) in [6.45, 7) is 7.65. The van der Waals surface area contributed by atoms with E-state index in [-0.39, 0.29) is 6.03 Å². The number of hydrogen-bond donors (Lipinski definition) is 1. The molecule has 4 nitrogen and oxygen atoms in total. The molecule has 1 aliphatic rings. The zero-order valence-corrected chi connectivity index (χ0v) is 9.42. The van der Waals surface area contributed by atoms with Crippen molar-refractivity contribution in [3.05, 3.63) is 0 Å². The molecule has 4 heteroatoms. The van der Waals surface area contributed by atoms with Gasteiger partial charge < -0.3 is 15.1 Å². The van der Waals surface area contributed by atoms with E-state index < -0.39 is 0 Å². The monoisotopic (exact) mass is 199 g/mol. The SMILES string of the molecule is CCCN(C(=O)N(C)CC)C1CNC1. The van der Waals surface area contributed by atoms with Crippen LogP contribution in [0.4, 0.5) is 4.79 Å². The van der Waals surface area contributed by atoms with Crippen molar-refractivity contribution in [3.63, 3.8) is 0 Å². The zero-order chi connectivity index (χ0) is 10.6. The summed E-state index contributed by atoms with van der Waals surface area (Å²) >= 11 is 0. The van der Waals surface area contributed by atoms with Gasteiger partial charge in [0, 0.05) is 33.2 Å². The first-order valence-corrected chi connectivity index (χ1v) is 5.43. The molecule has 1 saturated heterocycles. The maximum Gasteiger partial charge on any atom is 0.320 e. The van der Waals surface area contributed by atoms with E-state index in [1.54, 1.807) is 4.90 Å². The van der Waals surface area contributed by atoms with Gasteiger partial charge in [0.05, 0.1) is 6.04 Å². The van der Waals surface area contributed by atoms with Gasteiger partial charge in [0.1, 0.15) is 0 Å². The molecule has 2 amide bonds. The Labute approximate surface area is 86.2 Å². The Kier molecular flexibility index (Phi) is 4.20. The predicted octanol–water partition coefficient (Wildman–Crippen LogP) is 0.742. The van der Waals surface area contributed by atoms with E-state index in [0.29, 0.717) is 6.04 Å². The molecule has 0 aromatic rings. The van der Waals surface area contributed by atoms with Crippen LogP contribution in [0.5, 0.6) is 0 Å². The second-order valence-electron chi connectivity index (χ2n) is 3.80. The lowest BCUT2D eigenvalue weighted by molar-refractivity contribution is 0.123. The van der Waals surface area contributed by atoms with Gasteiger partial charge in [0.2, 0.25) is 0 Å². The van der Waals surface area contributed by atoms with E-state index >= 15 is 0 Å². The lowest BCUT2D eigenvalue weighted by Gasteiger charge is -2.39. The average Bonchev–Trinajstić information content (AvgIpc) is 2.12. The van der Waals surface area contributed by atoms with Crippen molar-refractivity contribution in [3.8, 4) is 0 Å². The van der Waals surface area contributed by atoms with Crippen LogP contribution in [0.25, 0.3) is 0 Å². The van der Waals surface area contributed by atoms with E-state index in [4.69, 9.17) is 0 Å². The van der Waals surface area contributed by atoms with Crippen LogP contribution in [-0.4, -0.2) is 55.1 Å². The Hall–Kier alpha value is -0.770. The van der Waals surface area contributed by atoms with Crippen LogP contribution in [0.1, 0.15) is 20.3 Å². The molecular weight excluding hydrogens is 178 g/mol. The van der Waals surface area contributed by atoms with Gasteiger partial charge in [-0.25, -0.2) is 4.79 Å². The molecule has 0 saturated carbocycles. The quantitative estimate of drug-likeness (QED) is 0.725. The first kappa shape index (κ1) is 11.3. The van der Waals surface area contributed by atoms with Gasteiger partial charge in [-0.2, -0.15) is 0 Å². The van der Waals surface area contributed by atoms with Crippen molar-refractivity contribution < 1.29 is 4.79 Å². The van der Waals surface area contributed by atoms with Crippen molar-refractivity contribution >= 4 is 6.03 Å². The minimum absolute atomic E-state index is 0.167. The highest BCUT2D eigenvalue weighted by atomic mass is 16.2. The van der Waals surface area contributed by atoms with Crippen LogP contribution in [0.15, 0.2) is 0 Å². The van der Waals surface area contributed by atoms with Crippen LogP contribution in [0.2, 0.25) is 0 Å². The van der Waals surface area contributed by atoms with Gasteiger partial charge >= 0.3 is 6.03 Å². The second-order valence-corrected chi connectivity index (χ2v) is 3.80. The summed E-state index contributed by atoms with van der Waals surface area (Å²) in [5.74, 6) is 0. The number of rotatable bonds is 4. The predicted molar refractivity (Wildman–Crippen MR) is 57.4 cm³/mol. The molecule has 1 aliphatic heterocycles. The topological polar surface area (TPSA) is 35.6 Å². The molecule has 0 aromatic carbocycles. The third-order valence-corrected chi connectivity index (χ3v) is 2.71. The Morgan fingerprint density at radius 3 is 2.43 bits per heavy atom. The first-order valence-electron chi connectivity index (χ1n) is 5.43. The summed E-state index contributed by atoms with van der Waals surface area (Å²) in [5.41, 5.74) is 0. The fourth-order valence-electron chi connectivity index (χ4n) is 1.52. The highest BCUT2D eigenvalue weighted by molar-refractivity contribution is 5.74. The normalized spacial score (nSPS) is 16.2. The fourth-order valence-corrected chi connectivity index (χ4v) is 1.52. The van der Waals surface area contributed by atoms with Crippen LogP contribution in [0.3, 0.4) is 0 Å². The smallest absolute Gasteiger partial charge is 0.320 e. The minimum atomic E-state index is 0.167. The first-order chi connectivity index (χ1) is 6.70. The van der Waals surface area contributed by atoms with Crippen LogP contribution in [-0.2, 0) is 0 Å². The maximum atomic E-state index is 11.9. The lowest BCUT2D eigenvalue weighted by atomic mass is 10.1. The van der Waals surface area contributed by atoms with E-state index in [1.807, 2.05) is 18.9 Å². The Morgan fingerprint density at radius 1 is 1.43 bits per heavy atom. The molecule has 0 aromatic heterocycles. The molecule has 0 atom stereocenters. The number of urea groups is 1. The molecular formula is C10H21N3O. The van der Waals surface area contributed by atoms with Crippen LogP contribution < -0.4 is 5.32 Å². The molecule has 0 bridgehead atoms. The van der Waals surface area contributed by atoms with E-state index in [1.165, 1.54) is 0 Å². The lowest BCUT2D eigenvalue weighted by Crippen LogP contribution is -2.60. The number of nitrogens with zero attached hydrogens (tertiary/aromatic N) is 2. The van der Waals surface area contributed by atoms with Crippen molar-refractivity contribution in [2.24, 2.45) is 0 Å². The van der Waals surface area contributed by atoms with E-state index in [2.05, 4.69) is 12.2 Å². The summed E-state index contributed by atoms with van der Waals surface area (Å²) in [6.07, 6.45) is 1.03. The molecule has 1 N–H and O–H groups in total. The van der Waals surface area contributed by atoms with Crippen molar-refractivity contribution in [1.82, 2.24) is 15.1 Å². The Morgan fingerprint density at radius 2 is 2.07 bits per heavy atom. The van der Waals surface area contributed by atoms with Gasteiger partial charge in [-0.3, -0.25) is 0 Å². The Balaban J connectivity index is 2.51. The highest BCUT2D eigenvalue weighted by Crippen LogP contribution is 2.08. The van der Waals surface area contributed by atoms with Crippen molar-refractivity contribution in [1.29, 1.82) is 0 Å². The molecule has 0 unspecified atom stereocenters. The molecule has 0 spiro atoms. The molecule has 82 valence electrons. The standard InChI is InChI=1S/C10H21N3O/c1-4-6-13(9-7-11-8-9)10(14)12(3)5-2/h9,11H,4-8H2,1-3H3. The third kappa shape index (κ3) is 2.38. The average molecular weight is 199 g/mol. The number of amides is 2. The molecule has 14 heavy (non-hydrogen) atoms. The van der Waals surface area contributed by atoms with Gasteiger partial charge in [-0.15, -0.1) is 0 Å². The molecule has 1 rings (SSSR count). The fraction of sp³-hybridized carbons (Fsp3) is 0.900. The summed E-state index contributed by atoms with van der Waals surface area (Å²) < 4.78 is 0. The molecule has 1 fully saturated rings. The number of nitrogens with one attached hydrogen (secondary N) is 1. The Bertz CT molecular complexity index is 192. The van der Waals surface area contributed by atoms with Crippen molar-refractivity contribution in [2.75, 3.05) is 33.2 Å². The summed E-state index contributed by atoms with van der Waals surface area (Å²) in [4.78, 5) is 15.7. The molecule has 0 aliphatic carbocycles. The highest BCUT2D eigenvalue weighted by Gasteiger charge is 2.28. The van der Waals surface area contributed by atoms with Crippen molar-refractivity contribution in [2.45, 2.75) is 26.3 Å². The van der Waals surface area contributed by atoms with E-state index in [0.717, 1.165) is 32.6 Å². The number of hydrogen-bond acceptors (Lipinski definition) is 2. The molecule has 1 heterocycles. The summed E-state index contributed by atoms with van der Waals surface area (Å²) in [6, 6.07) is 0.581. The maximum absolute atomic E-state index is 11.9. The third-order valence-electron chi connectivity index (χ3n) is 2.71.